The highest BCUT2D eigenvalue weighted by molar-refractivity contribution is 5.97. The van der Waals surface area contributed by atoms with Crippen molar-refractivity contribution in [2.75, 3.05) is 39.3 Å². The van der Waals surface area contributed by atoms with Crippen molar-refractivity contribution in [2.24, 2.45) is 0 Å². The van der Waals surface area contributed by atoms with Gasteiger partial charge in [-0.15, -0.1) is 0 Å². The quantitative estimate of drug-likeness (QED) is 0.418. The summed E-state index contributed by atoms with van der Waals surface area (Å²) in [4.78, 5) is 2.50. The monoisotopic (exact) mass is 174 g/mol. The highest BCUT2D eigenvalue weighted by atomic mass is 28.2. The topological polar surface area (TPSA) is 24.5 Å². The molecule has 1 N–H and O–H groups in total. The molecule has 4 heteroatoms. The molecule has 0 unspecified atom stereocenters. The first-order chi connectivity index (χ1) is 5.43. The van der Waals surface area contributed by atoms with Crippen LogP contribution in [0.25, 0.3) is 0 Å². The van der Waals surface area contributed by atoms with Crippen LogP contribution >= 0.6 is 0 Å². The minimum absolute atomic E-state index is 0.886. The summed E-state index contributed by atoms with van der Waals surface area (Å²) >= 11 is 0. The van der Waals surface area contributed by atoms with E-state index >= 15 is 0 Å². The zero-order valence-corrected chi connectivity index (χ0v) is 9.31. The van der Waals surface area contributed by atoms with Crippen molar-refractivity contribution in [3.05, 3.63) is 0 Å². The van der Waals surface area contributed by atoms with Crippen molar-refractivity contribution in [1.29, 1.82) is 0 Å². The van der Waals surface area contributed by atoms with Crippen LogP contribution in [0.2, 0.25) is 0 Å². The van der Waals surface area contributed by atoms with Gasteiger partial charge in [0.2, 0.25) is 0 Å². The van der Waals surface area contributed by atoms with Gasteiger partial charge >= 0.3 is 0 Å². The van der Waals surface area contributed by atoms with E-state index in [0.29, 0.717) is 0 Å². The smallest absolute Gasteiger partial charge is 0.145 e. The first-order valence-corrected chi connectivity index (χ1v) is 5.17. The third-order valence-electron chi connectivity index (χ3n) is 2.03. The normalized spacial score (nSPS) is 20.7. The van der Waals surface area contributed by atoms with Crippen LogP contribution < -0.4 is 5.32 Å². The van der Waals surface area contributed by atoms with Crippen LogP contribution in [0, 0.1) is 0 Å². The van der Waals surface area contributed by atoms with Crippen LogP contribution in [0.5, 0.6) is 0 Å². The van der Waals surface area contributed by atoms with E-state index in [1.807, 2.05) is 0 Å². The lowest BCUT2D eigenvalue weighted by Gasteiger charge is -2.26. The van der Waals surface area contributed by atoms with Crippen LogP contribution in [-0.4, -0.2) is 54.7 Å². The van der Waals surface area contributed by atoms with E-state index in [2.05, 4.69) is 10.2 Å². The molecule has 66 valence electrons. The van der Waals surface area contributed by atoms with Crippen LogP contribution in [0.3, 0.4) is 0 Å². The average Bonchev–Trinajstić information content (AvgIpc) is 2.07. The lowest BCUT2D eigenvalue weighted by atomic mass is 10.3. The van der Waals surface area contributed by atoms with Crippen molar-refractivity contribution in [3.63, 3.8) is 0 Å². The molecule has 0 saturated carbocycles. The summed E-state index contributed by atoms with van der Waals surface area (Å²) in [5, 5.41) is 3.34. The number of hydrogen-bond acceptors (Lipinski definition) is 3. The zero-order valence-electron chi connectivity index (χ0n) is 7.31. The van der Waals surface area contributed by atoms with Gasteiger partial charge in [0.05, 0.1) is 0 Å². The Bertz CT molecular complexity index is 96.4. The Morgan fingerprint density at radius 1 is 1.36 bits per heavy atom. The fourth-order valence-electron chi connectivity index (χ4n) is 1.37. The van der Waals surface area contributed by atoms with Crippen molar-refractivity contribution in [2.45, 2.75) is 6.42 Å². The van der Waals surface area contributed by atoms with Gasteiger partial charge in [0.1, 0.15) is 10.5 Å². The van der Waals surface area contributed by atoms with Crippen LogP contribution in [0.1, 0.15) is 6.42 Å². The summed E-state index contributed by atoms with van der Waals surface area (Å²) in [5.41, 5.74) is 0. The molecular formula is C7H18N2OSi. The highest BCUT2D eigenvalue weighted by Gasteiger charge is 2.07. The second kappa shape index (κ2) is 5.71. The lowest BCUT2D eigenvalue weighted by Crippen LogP contribution is -2.43. The van der Waals surface area contributed by atoms with Crippen LogP contribution in [0.4, 0.5) is 0 Å². The molecule has 1 aliphatic rings. The van der Waals surface area contributed by atoms with E-state index in [0.717, 1.165) is 30.2 Å². The number of nitrogens with zero attached hydrogens (tertiary/aromatic N) is 1. The summed E-state index contributed by atoms with van der Waals surface area (Å²) in [7, 11) is 0.886. The molecule has 3 nitrogen and oxygen atoms in total. The third kappa shape index (κ3) is 3.86. The van der Waals surface area contributed by atoms with E-state index in [1.165, 1.54) is 26.1 Å². The van der Waals surface area contributed by atoms with E-state index in [-0.39, 0.29) is 0 Å². The molecular weight excluding hydrogens is 156 g/mol. The number of piperazine rings is 1. The number of rotatable bonds is 4. The standard InChI is InChI=1S/C7H18N2OSi/c11-10-7-1-4-9-5-2-8-3-6-9/h8H,1-7H2,11H3. The van der Waals surface area contributed by atoms with Crippen LogP contribution in [0.15, 0.2) is 0 Å². The predicted octanol–water partition coefficient (Wildman–Crippen LogP) is -1.42. The fraction of sp³-hybridized carbons (Fsp3) is 1.00. The first-order valence-electron chi connectivity index (χ1n) is 4.35. The van der Waals surface area contributed by atoms with E-state index in [9.17, 15) is 0 Å². The van der Waals surface area contributed by atoms with E-state index in [1.54, 1.807) is 0 Å². The molecule has 0 radical (unpaired) electrons. The Labute approximate surface area is 71.6 Å². The molecule has 1 saturated heterocycles. The summed E-state index contributed by atoms with van der Waals surface area (Å²) in [6, 6.07) is 0. The number of nitrogens with one attached hydrogen (secondary N) is 1. The van der Waals surface area contributed by atoms with Crippen LogP contribution in [-0.2, 0) is 4.43 Å². The molecule has 0 aromatic carbocycles. The van der Waals surface area contributed by atoms with Gasteiger partial charge < -0.3 is 14.6 Å². The Morgan fingerprint density at radius 2 is 2.09 bits per heavy atom. The Kier molecular flexibility index (Phi) is 4.77. The Balaban J connectivity index is 1.96. The summed E-state index contributed by atoms with van der Waals surface area (Å²) in [6.07, 6.45) is 1.20. The molecule has 0 spiro atoms. The molecule has 0 aromatic heterocycles. The second-order valence-corrected chi connectivity index (χ2v) is 3.52. The molecule has 1 fully saturated rings. The van der Waals surface area contributed by atoms with E-state index < -0.39 is 0 Å². The van der Waals surface area contributed by atoms with Crippen molar-refractivity contribution in [3.8, 4) is 0 Å². The third-order valence-corrected chi connectivity index (χ3v) is 2.44. The van der Waals surface area contributed by atoms with Crippen molar-refractivity contribution in [1.82, 2.24) is 10.2 Å². The molecule has 1 rings (SSSR count). The maximum absolute atomic E-state index is 5.13. The van der Waals surface area contributed by atoms with Gasteiger partial charge in [0, 0.05) is 39.3 Å². The van der Waals surface area contributed by atoms with Gasteiger partial charge in [-0.05, 0) is 6.42 Å². The molecule has 0 aliphatic carbocycles. The highest BCUT2D eigenvalue weighted by Crippen LogP contribution is 1.93. The van der Waals surface area contributed by atoms with Gasteiger partial charge in [-0.1, -0.05) is 0 Å². The average molecular weight is 174 g/mol. The molecule has 11 heavy (non-hydrogen) atoms. The van der Waals surface area contributed by atoms with Gasteiger partial charge in [-0.3, -0.25) is 0 Å². The maximum atomic E-state index is 5.13. The predicted molar refractivity (Wildman–Crippen MR) is 49.8 cm³/mol. The molecule has 0 bridgehead atoms. The van der Waals surface area contributed by atoms with Gasteiger partial charge in [-0.2, -0.15) is 0 Å². The Hall–Kier alpha value is 0.0969. The van der Waals surface area contributed by atoms with Crippen molar-refractivity contribution < 1.29 is 4.43 Å². The van der Waals surface area contributed by atoms with Crippen molar-refractivity contribution >= 4 is 10.5 Å². The second-order valence-electron chi connectivity index (χ2n) is 2.94. The Morgan fingerprint density at radius 3 is 2.73 bits per heavy atom. The van der Waals surface area contributed by atoms with Gasteiger partial charge in [0.25, 0.3) is 0 Å². The molecule has 0 amide bonds. The van der Waals surface area contributed by atoms with Gasteiger partial charge in [-0.25, -0.2) is 0 Å². The minimum Gasteiger partial charge on any atom is -0.428 e. The summed E-state index contributed by atoms with van der Waals surface area (Å²) in [6.45, 7) is 6.89. The molecule has 0 atom stereocenters. The first kappa shape index (κ1) is 9.19. The SMILES string of the molecule is [SiH3]OCCCN1CCNCC1. The van der Waals surface area contributed by atoms with E-state index in [4.69, 9.17) is 4.43 Å². The number of hydrogen-bond donors (Lipinski definition) is 1. The molecule has 0 aromatic rings. The summed E-state index contributed by atoms with van der Waals surface area (Å²) < 4.78 is 5.13. The zero-order chi connectivity index (χ0) is 7.94. The summed E-state index contributed by atoms with van der Waals surface area (Å²) in [5.74, 6) is 0. The fourth-order valence-corrected chi connectivity index (χ4v) is 1.66. The van der Waals surface area contributed by atoms with Gasteiger partial charge in [0.15, 0.2) is 0 Å². The minimum atomic E-state index is 0.886. The maximum Gasteiger partial charge on any atom is 0.145 e. The lowest BCUT2D eigenvalue weighted by molar-refractivity contribution is 0.218. The largest absolute Gasteiger partial charge is 0.428 e. The molecule has 1 aliphatic heterocycles. The molecule has 1 heterocycles.